The van der Waals surface area contributed by atoms with Gasteiger partial charge in [0.2, 0.25) is 0 Å². The van der Waals surface area contributed by atoms with Crippen LogP contribution < -0.4 is 0 Å². The van der Waals surface area contributed by atoms with E-state index in [2.05, 4.69) is 20.8 Å². The highest BCUT2D eigenvalue weighted by atomic mass is 14.8. The van der Waals surface area contributed by atoms with Crippen LogP contribution in [-0.4, -0.2) is 0 Å². The molecule has 0 aromatic heterocycles. The molecule has 0 amide bonds. The van der Waals surface area contributed by atoms with Crippen molar-refractivity contribution in [1.82, 2.24) is 0 Å². The second-order valence-corrected chi connectivity index (χ2v) is 5.70. The highest BCUT2D eigenvalue weighted by Crippen LogP contribution is 2.77. The normalized spacial score (nSPS) is 66.8. The van der Waals surface area contributed by atoms with Crippen LogP contribution in [0.1, 0.15) is 40.0 Å². The van der Waals surface area contributed by atoms with Crippen LogP contribution in [-0.2, 0) is 0 Å². The van der Waals surface area contributed by atoms with Crippen molar-refractivity contribution < 1.29 is 0 Å². The lowest BCUT2D eigenvalue weighted by atomic mass is 9.38. The topological polar surface area (TPSA) is 0 Å². The monoisotopic (exact) mass is 164 g/mol. The summed E-state index contributed by atoms with van der Waals surface area (Å²) in [4.78, 5) is 0. The summed E-state index contributed by atoms with van der Waals surface area (Å²) in [6, 6.07) is 0. The molecule has 6 unspecified atom stereocenters. The standard InChI is InChI=1S/C12H20/c1-4-10-9-6-8-5-7(2)12(10,3)11(8)9/h7-11H,4-6H2,1-3H3. The zero-order chi connectivity index (χ0) is 8.51. The third-order valence-corrected chi connectivity index (χ3v) is 5.74. The maximum absolute atomic E-state index is 2.58. The van der Waals surface area contributed by atoms with E-state index in [0.717, 1.165) is 35.0 Å². The van der Waals surface area contributed by atoms with Crippen LogP contribution in [0, 0.1) is 35.0 Å². The molecule has 3 aliphatic rings. The largest absolute Gasteiger partial charge is 0.0651 e. The van der Waals surface area contributed by atoms with Crippen molar-refractivity contribution in [2.24, 2.45) is 35.0 Å². The predicted octanol–water partition coefficient (Wildman–Crippen LogP) is 3.32. The van der Waals surface area contributed by atoms with Gasteiger partial charge in [0.15, 0.2) is 0 Å². The summed E-state index contributed by atoms with van der Waals surface area (Å²) in [5.41, 5.74) is 0.780. The zero-order valence-corrected chi connectivity index (χ0v) is 8.51. The molecule has 0 heterocycles. The van der Waals surface area contributed by atoms with Crippen LogP contribution in [0.5, 0.6) is 0 Å². The Morgan fingerprint density at radius 3 is 2.75 bits per heavy atom. The van der Waals surface area contributed by atoms with Gasteiger partial charge in [0.05, 0.1) is 0 Å². The molecule has 0 aromatic rings. The van der Waals surface area contributed by atoms with Crippen molar-refractivity contribution in [3.05, 3.63) is 0 Å². The molecule has 68 valence electrons. The molecule has 0 heteroatoms. The van der Waals surface area contributed by atoms with Crippen LogP contribution in [0.25, 0.3) is 0 Å². The van der Waals surface area contributed by atoms with E-state index in [4.69, 9.17) is 0 Å². The summed E-state index contributed by atoms with van der Waals surface area (Å²) in [5.74, 6) is 5.60. The van der Waals surface area contributed by atoms with Gasteiger partial charge < -0.3 is 0 Å². The molecule has 0 N–H and O–H groups in total. The lowest BCUT2D eigenvalue weighted by Crippen LogP contribution is -2.61. The third-order valence-electron chi connectivity index (χ3n) is 5.74. The first-order valence-electron chi connectivity index (χ1n) is 5.69. The fraction of sp³-hybridized carbons (Fsp3) is 1.00. The van der Waals surface area contributed by atoms with Crippen molar-refractivity contribution >= 4 is 0 Å². The minimum absolute atomic E-state index is 0.780. The zero-order valence-electron chi connectivity index (χ0n) is 8.51. The Balaban J connectivity index is 1.95. The van der Waals surface area contributed by atoms with Crippen LogP contribution in [0.3, 0.4) is 0 Å². The summed E-state index contributed by atoms with van der Waals surface area (Å²) in [6.07, 6.45) is 4.58. The quantitative estimate of drug-likeness (QED) is 0.557. The number of hydrogen-bond acceptors (Lipinski definition) is 0. The van der Waals surface area contributed by atoms with E-state index in [9.17, 15) is 0 Å². The Labute approximate surface area is 75.7 Å². The molecule has 12 heavy (non-hydrogen) atoms. The smallest absolute Gasteiger partial charge is 0.0235 e. The van der Waals surface area contributed by atoms with Crippen molar-refractivity contribution in [2.75, 3.05) is 0 Å². The molecule has 0 aliphatic heterocycles. The maximum Gasteiger partial charge on any atom is -0.0235 e. The Morgan fingerprint density at radius 2 is 2.08 bits per heavy atom. The predicted molar refractivity (Wildman–Crippen MR) is 50.8 cm³/mol. The maximum atomic E-state index is 2.58. The fourth-order valence-electron chi connectivity index (χ4n) is 5.16. The lowest BCUT2D eigenvalue weighted by molar-refractivity contribution is -0.188. The molecule has 3 aliphatic carbocycles. The Morgan fingerprint density at radius 1 is 1.33 bits per heavy atom. The van der Waals surface area contributed by atoms with Gasteiger partial charge in [0.1, 0.15) is 0 Å². The van der Waals surface area contributed by atoms with Gasteiger partial charge in [-0.25, -0.2) is 0 Å². The van der Waals surface area contributed by atoms with Crippen LogP contribution in [0.15, 0.2) is 0 Å². The van der Waals surface area contributed by atoms with Crippen molar-refractivity contribution in [3.63, 3.8) is 0 Å². The van der Waals surface area contributed by atoms with Gasteiger partial charge in [0, 0.05) is 0 Å². The summed E-state index contributed by atoms with van der Waals surface area (Å²) >= 11 is 0. The summed E-state index contributed by atoms with van der Waals surface area (Å²) in [6.45, 7) is 7.47. The molecule has 6 atom stereocenters. The van der Waals surface area contributed by atoms with E-state index in [1.54, 1.807) is 12.8 Å². The molecule has 0 saturated heterocycles. The van der Waals surface area contributed by atoms with Gasteiger partial charge in [-0.05, 0) is 47.8 Å². The van der Waals surface area contributed by atoms with Gasteiger partial charge in [-0.3, -0.25) is 0 Å². The van der Waals surface area contributed by atoms with Crippen LogP contribution >= 0.6 is 0 Å². The van der Waals surface area contributed by atoms with Crippen molar-refractivity contribution in [1.29, 1.82) is 0 Å². The average molecular weight is 164 g/mol. The highest BCUT2D eigenvalue weighted by molar-refractivity contribution is 5.19. The molecule has 3 rings (SSSR count). The van der Waals surface area contributed by atoms with E-state index >= 15 is 0 Å². The highest BCUT2D eigenvalue weighted by Gasteiger charge is 2.71. The van der Waals surface area contributed by atoms with E-state index in [0.29, 0.717) is 0 Å². The third kappa shape index (κ3) is 0.506. The van der Waals surface area contributed by atoms with E-state index < -0.39 is 0 Å². The Bertz CT molecular complexity index is 220. The molecule has 3 fully saturated rings. The van der Waals surface area contributed by atoms with Crippen molar-refractivity contribution in [3.8, 4) is 0 Å². The second kappa shape index (κ2) is 1.91. The lowest BCUT2D eigenvalue weighted by Gasteiger charge is -2.66. The van der Waals surface area contributed by atoms with E-state index in [1.165, 1.54) is 6.42 Å². The molecule has 3 saturated carbocycles. The average Bonchev–Trinajstić information content (AvgIpc) is 2.12. The first-order valence-corrected chi connectivity index (χ1v) is 5.69. The van der Waals surface area contributed by atoms with Crippen molar-refractivity contribution in [2.45, 2.75) is 40.0 Å². The summed E-state index contributed by atoms with van der Waals surface area (Å²) < 4.78 is 0. The summed E-state index contributed by atoms with van der Waals surface area (Å²) in [7, 11) is 0. The van der Waals surface area contributed by atoms with Gasteiger partial charge in [-0.1, -0.05) is 27.2 Å². The van der Waals surface area contributed by atoms with Gasteiger partial charge in [-0.15, -0.1) is 0 Å². The SMILES string of the molecule is CCC1C2CC3CC(C)C1(C)C32. The molecular weight excluding hydrogens is 144 g/mol. The Kier molecular flexibility index (Phi) is 1.18. The first-order chi connectivity index (χ1) is 5.69. The number of rotatable bonds is 1. The van der Waals surface area contributed by atoms with Crippen LogP contribution in [0.2, 0.25) is 0 Å². The molecule has 0 radical (unpaired) electrons. The summed E-state index contributed by atoms with van der Waals surface area (Å²) in [5, 5.41) is 0. The van der Waals surface area contributed by atoms with E-state index in [-0.39, 0.29) is 0 Å². The minimum atomic E-state index is 0.780. The van der Waals surface area contributed by atoms with Gasteiger partial charge in [-0.2, -0.15) is 0 Å². The fourth-order valence-corrected chi connectivity index (χ4v) is 5.16. The van der Waals surface area contributed by atoms with Gasteiger partial charge >= 0.3 is 0 Å². The Hall–Kier alpha value is 0. The molecular formula is C12H20. The van der Waals surface area contributed by atoms with Crippen LogP contribution in [0.4, 0.5) is 0 Å². The van der Waals surface area contributed by atoms with Gasteiger partial charge in [0.25, 0.3) is 0 Å². The second-order valence-electron chi connectivity index (χ2n) is 5.70. The van der Waals surface area contributed by atoms with E-state index in [1.807, 2.05) is 0 Å². The molecule has 0 bridgehead atoms. The minimum Gasteiger partial charge on any atom is -0.0651 e. The molecule has 0 aromatic carbocycles. The number of hydrogen-bond donors (Lipinski definition) is 0. The molecule has 0 nitrogen and oxygen atoms in total. The first kappa shape index (κ1) is 7.41. The molecule has 0 spiro atoms.